The summed E-state index contributed by atoms with van der Waals surface area (Å²) < 4.78 is 27.7. The fourth-order valence-electron chi connectivity index (χ4n) is 1.68. The van der Waals surface area contributed by atoms with Crippen LogP contribution in [0.1, 0.15) is 44.7 Å². The first kappa shape index (κ1) is 18.4. The summed E-state index contributed by atoms with van der Waals surface area (Å²) in [5.74, 6) is 0.484. The summed E-state index contributed by atoms with van der Waals surface area (Å²) in [4.78, 5) is 0. The Kier molecular flexibility index (Phi) is 6.33. The highest BCUT2D eigenvalue weighted by Gasteiger charge is 2.25. The van der Waals surface area contributed by atoms with Gasteiger partial charge in [-0.2, -0.15) is 8.42 Å². The maximum Gasteiger partial charge on any atom is 0.269 e. The molecule has 0 saturated carbocycles. The molecule has 3 nitrogen and oxygen atoms in total. The molecule has 120 valence electrons. The molecule has 2 rings (SSSR count). The molecule has 0 fully saturated rings. The van der Waals surface area contributed by atoms with Gasteiger partial charge in [0.05, 0.1) is 4.75 Å². The van der Waals surface area contributed by atoms with Crippen molar-refractivity contribution in [1.82, 2.24) is 0 Å². The van der Waals surface area contributed by atoms with Crippen LogP contribution in [0.2, 0.25) is 0 Å². The SMILES string of the molecule is CC(C)(C)S(=O)(=O)O.CC(c1ccccc1)c1ccccc1. The van der Waals surface area contributed by atoms with E-state index in [4.69, 9.17) is 4.55 Å². The third kappa shape index (κ3) is 5.62. The standard InChI is InChI=1S/C14H14.C4H10O3S/c1-12(13-8-4-2-5-9-13)14-10-6-3-7-11-14;1-4(2,3)8(5,6)7/h2-12H,1H3;1-3H3,(H,5,6,7). The van der Waals surface area contributed by atoms with E-state index in [1.807, 2.05) is 0 Å². The molecule has 2 aromatic carbocycles. The van der Waals surface area contributed by atoms with Crippen LogP contribution in [0.25, 0.3) is 0 Å². The summed E-state index contributed by atoms with van der Waals surface area (Å²) in [6.07, 6.45) is 0. The van der Waals surface area contributed by atoms with E-state index in [2.05, 4.69) is 67.6 Å². The van der Waals surface area contributed by atoms with Crippen LogP contribution < -0.4 is 0 Å². The van der Waals surface area contributed by atoms with Gasteiger partial charge in [-0.3, -0.25) is 4.55 Å². The van der Waals surface area contributed by atoms with Crippen LogP contribution in [0.5, 0.6) is 0 Å². The first-order valence-corrected chi connectivity index (χ1v) is 8.64. The highest BCUT2D eigenvalue weighted by molar-refractivity contribution is 7.87. The quantitative estimate of drug-likeness (QED) is 0.828. The van der Waals surface area contributed by atoms with Gasteiger partial charge in [-0.1, -0.05) is 67.6 Å². The van der Waals surface area contributed by atoms with Crippen LogP contribution in [0.3, 0.4) is 0 Å². The zero-order valence-electron chi connectivity index (χ0n) is 13.5. The molecule has 0 saturated heterocycles. The van der Waals surface area contributed by atoms with E-state index in [9.17, 15) is 8.42 Å². The average Bonchev–Trinajstić information content (AvgIpc) is 2.47. The number of rotatable bonds is 2. The zero-order chi connectivity index (χ0) is 16.8. The Hall–Kier alpha value is -1.65. The Bertz CT molecular complexity index is 617. The third-order valence-corrected chi connectivity index (χ3v) is 4.92. The lowest BCUT2D eigenvalue weighted by Crippen LogP contribution is -2.26. The molecular formula is C18H24O3S. The van der Waals surface area contributed by atoms with Gasteiger partial charge in [0.15, 0.2) is 0 Å². The summed E-state index contributed by atoms with van der Waals surface area (Å²) in [7, 11) is -3.84. The Balaban J connectivity index is 0.000000261. The molecule has 0 aliphatic carbocycles. The molecule has 0 amide bonds. The fourth-order valence-corrected chi connectivity index (χ4v) is 1.68. The van der Waals surface area contributed by atoms with Gasteiger partial charge in [0, 0.05) is 5.92 Å². The molecule has 0 heterocycles. The number of hydrogen-bond acceptors (Lipinski definition) is 2. The van der Waals surface area contributed by atoms with E-state index in [0.717, 1.165) is 0 Å². The zero-order valence-corrected chi connectivity index (χ0v) is 14.3. The minimum atomic E-state index is -3.84. The molecule has 4 heteroatoms. The summed E-state index contributed by atoms with van der Waals surface area (Å²) in [5.41, 5.74) is 2.75. The van der Waals surface area contributed by atoms with E-state index < -0.39 is 14.9 Å². The van der Waals surface area contributed by atoms with Crippen LogP contribution in [-0.4, -0.2) is 17.7 Å². The van der Waals surface area contributed by atoms with Gasteiger partial charge < -0.3 is 0 Å². The predicted molar refractivity (Wildman–Crippen MR) is 91.7 cm³/mol. The van der Waals surface area contributed by atoms with Gasteiger partial charge >= 0.3 is 0 Å². The van der Waals surface area contributed by atoms with Crippen molar-refractivity contribution in [3.63, 3.8) is 0 Å². The lowest BCUT2D eigenvalue weighted by Gasteiger charge is -2.12. The van der Waals surface area contributed by atoms with Gasteiger partial charge in [0.2, 0.25) is 0 Å². The molecule has 1 N–H and O–H groups in total. The lowest BCUT2D eigenvalue weighted by molar-refractivity contribution is 0.450. The van der Waals surface area contributed by atoms with E-state index in [0.29, 0.717) is 5.92 Å². The lowest BCUT2D eigenvalue weighted by atomic mass is 9.93. The minimum absolute atomic E-state index is 0.484. The summed E-state index contributed by atoms with van der Waals surface area (Å²) in [5, 5.41) is 0. The van der Waals surface area contributed by atoms with Crippen molar-refractivity contribution >= 4 is 10.1 Å². The second-order valence-electron chi connectivity index (χ2n) is 6.13. The molecule has 0 aromatic heterocycles. The molecule has 0 unspecified atom stereocenters. The normalized spacial score (nSPS) is 11.7. The van der Waals surface area contributed by atoms with Crippen molar-refractivity contribution in [3.8, 4) is 0 Å². The van der Waals surface area contributed by atoms with Gasteiger partial charge in [-0.25, -0.2) is 0 Å². The highest BCUT2D eigenvalue weighted by Crippen LogP contribution is 2.22. The van der Waals surface area contributed by atoms with E-state index in [1.54, 1.807) is 0 Å². The van der Waals surface area contributed by atoms with Crippen LogP contribution in [0.4, 0.5) is 0 Å². The Morgan fingerprint density at radius 2 is 1.09 bits per heavy atom. The second kappa shape index (κ2) is 7.56. The van der Waals surface area contributed by atoms with Crippen LogP contribution in [-0.2, 0) is 10.1 Å². The number of hydrogen-bond donors (Lipinski definition) is 1. The molecule has 2 aromatic rings. The first-order chi connectivity index (χ1) is 10.1. The number of benzene rings is 2. The molecule has 0 bridgehead atoms. The van der Waals surface area contributed by atoms with Crippen molar-refractivity contribution in [1.29, 1.82) is 0 Å². The molecular weight excluding hydrogens is 296 g/mol. The highest BCUT2D eigenvalue weighted by atomic mass is 32.2. The van der Waals surface area contributed by atoms with Gasteiger partial charge in [0.25, 0.3) is 10.1 Å². The Labute approximate surface area is 133 Å². The average molecular weight is 320 g/mol. The Morgan fingerprint density at radius 3 is 1.32 bits per heavy atom. The van der Waals surface area contributed by atoms with E-state index in [-0.39, 0.29) is 0 Å². The van der Waals surface area contributed by atoms with Crippen molar-refractivity contribution in [2.75, 3.05) is 0 Å². The Morgan fingerprint density at radius 1 is 0.818 bits per heavy atom. The summed E-state index contributed by atoms with van der Waals surface area (Å²) in [6, 6.07) is 21.2. The second-order valence-corrected chi connectivity index (χ2v) is 8.31. The fraction of sp³-hybridized carbons (Fsp3) is 0.333. The van der Waals surface area contributed by atoms with E-state index in [1.165, 1.54) is 31.9 Å². The van der Waals surface area contributed by atoms with E-state index >= 15 is 0 Å². The summed E-state index contributed by atoms with van der Waals surface area (Å²) >= 11 is 0. The van der Waals surface area contributed by atoms with Gasteiger partial charge in [-0.05, 0) is 31.9 Å². The third-order valence-electron chi connectivity index (χ3n) is 3.37. The molecule has 0 radical (unpaired) electrons. The maximum absolute atomic E-state index is 10.2. The van der Waals surface area contributed by atoms with Gasteiger partial charge in [-0.15, -0.1) is 0 Å². The molecule has 0 atom stereocenters. The minimum Gasteiger partial charge on any atom is -0.285 e. The van der Waals surface area contributed by atoms with Crippen molar-refractivity contribution in [2.45, 2.75) is 38.4 Å². The molecule has 0 aliphatic heterocycles. The van der Waals surface area contributed by atoms with Crippen LogP contribution in [0.15, 0.2) is 60.7 Å². The topological polar surface area (TPSA) is 54.4 Å². The van der Waals surface area contributed by atoms with Crippen LogP contribution >= 0.6 is 0 Å². The maximum atomic E-state index is 10.2. The van der Waals surface area contributed by atoms with Crippen molar-refractivity contribution in [2.24, 2.45) is 0 Å². The van der Waals surface area contributed by atoms with Crippen LogP contribution in [0, 0.1) is 0 Å². The monoisotopic (exact) mass is 320 g/mol. The molecule has 0 aliphatic rings. The smallest absolute Gasteiger partial charge is 0.269 e. The van der Waals surface area contributed by atoms with Crippen molar-refractivity contribution in [3.05, 3.63) is 71.8 Å². The summed E-state index contributed by atoms with van der Waals surface area (Å²) in [6.45, 7) is 6.54. The molecule has 0 spiro atoms. The molecule has 22 heavy (non-hydrogen) atoms. The largest absolute Gasteiger partial charge is 0.285 e. The predicted octanol–water partition coefficient (Wildman–Crippen LogP) is 4.51. The first-order valence-electron chi connectivity index (χ1n) is 7.20. The van der Waals surface area contributed by atoms with Crippen molar-refractivity contribution < 1.29 is 13.0 Å². The van der Waals surface area contributed by atoms with Gasteiger partial charge in [0.1, 0.15) is 0 Å².